The van der Waals surface area contributed by atoms with Crippen molar-refractivity contribution in [3.63, 3.8) is 0 Å². The lowest BCUT2D eigenvalue weighted by molar-refractivity contribution is -0.120. The predicted molar refractivity (Wildman–Crippen MR) is 94.4 cm³/mol. The molecule has 1 amide bonds. The van der Waals surface area contributed by atoms with Crippen molar-refractivity contribution in [2.24, 2.45) is 5.92 Å². The molecule has 152 valence electrons. The molecule has 0 saturated heterocycles. The number of nitrogens with one attached hydrogen (secondary N) is 1. The third-order valence-corrected chi connectivity index (χ3v) is 4.19. The fourth-order valence-corrected chi connectivity index (χ4v) is 2.75. The third kappa shape index (κ3) is 7.42. The van der Waals surface area contributed by atoms with Crippen molar-refractivity contribution >= 4 is 17.5 Å². The van der Waals surface area contributed by atoms with E-state index >= 15 is 0 Å². The minimum absolute atomic E-state index is 0.0296. The number of carbonyl (C=O) groups excluding carboxylic acids is 1. The van der Waals surface area contributed by atoms with Gasteiger partial charge < -0.3 is 19.5 Å². The van der Waals surface area contributed by atoms with Gasteiger partial charge in [-0.05, 0) is 25.7 Å². The van der Waals surface area contributed by atoms with Gasteiger partial charge in [0.25, 0.3) is 5.92 Å². The number of hydrogen-bond acceptors (Lipinski definition) is 6. The van der Waals surface area contributed by atoms with Crippen molar-refractivity contribution < 1.29 is 27.8 Å². The van der Waals surface area contributed by atoms with Crippen LogP contribution in [0.1, 0.15) is 33.6 Å². The second kappa shape index (κ2) is 9.45. The highest BCUT2D eigenvalue weighted by molar-refractivity contribution is 6.33. The average Bonchev–Trinajstić information content (AvgIpc) is 2.51. The van der Waals surface area contributed by atoms with Crippen molar-refractivity contribution in [1.29, 1.82) is 0 Å². The van der Waals surface area contributed by atoms with E-state index in [0.717, 1.165) is 26.1 Å². The van der Waals surface area contributed by atoms with Gasteiger partial charge in [0, 0.05) is 19.9 Å². The molecule has 1 aliphatic carbocycles. The van der Waals surface area contributed by atoms with Gasteiger partial charge in [0.1, 0.15) is 6.33 Å². The van der Waals surface area contributed by atoms with E-state index in [9.17, 15) is 13.6 Å². The van der Waals surface area contributed by atoms with Crippen LogP contribution in [0.2, 0.25) is 5.02 Å². The number of halogens is 3. The maximum Gasteiger partial charge on any atom is 0.278 e. The quantitative estimate of drug-likeness (QED) is 0.642. The minimum atomic E-state index is -2.99. The summed E-state index contributed by atoms with van der Waals surface area (Å²) in [5.74, 6) is -2.83. The van der Waals surface area contributed by atoms with Crippen molar-refractivity contribution in [2.75, 3.05) is 19.8 Å². The van der Waals surface area contributed by atoms with Crippen LogP contribution in [-0.4, -0.2) is 53.8 Å². The number of nitrogens with zero attached hydrogens (tertiary/aromatic N) is 2. The maximum atomic E-state index is 12.9. The zero-order valence-corrected chi connectivity index (χ0v) is 16.3. The molecule has 0 radical (unpaired) electrons. The first-order valence-electron chi connectivity index (χ1n) is 8.66. The summed E-state index contributed by atoms with van der Waals surface area (Å²) in [5, 5.41) is 2.73. The van der Waals surface area contributed by atoms with Gasteiger partial charge in [0.05, 0.1) is 19.3 Å². The predicted octanol–water partition coefficient (Wildman–Crippen LogP) is 2.86. The molecule has 10 heteroatoms. The summed E-state index contributed by atoms with van der Waals surface area (Å²) in [6, 6.07) is -0.0356. The van der Waals surface area contributed by atoms with Crippen molar-refractivity contribution in [3.05, 3.63) is 11.3 Å². The molecular weight excluding hydrogens is 384 g/mol. The fraction of sp³-hybridized carbons (Fsp3) is 0.706. The molecule has 1 atom stereocenters. The van der Waals surface area contributed by atoms with E-state index in [1.165, 1.54) is 6.92 Å². The van der Waals surface area contributed by atoms with Crippen molar-refractivity contribution in [2.45, 2.75) is 51.7 Å². The molecule has 0 bridgehead atoms. The molecule has 1 fully saturated rings. The lowest BCUT2D eigenvalue weighted by Crippen LogP contribution is -2.40. The van der Waals surface area contributed by atoms with E-state index in [4.69, 9.17) is 25.8 Å². The Morgan fingerprint density at radius 1 is 1.37 bits per heavy atom. The van der Waals surface area contributed by atoms with E-state index < -0.39 is 12.5 Å². The van der Waals surface area contributed by atoms with Gasteiger partial charge in [-0.2, -0.15) is 0 Å². The largest absolute Gasteiger partial charge is 0.476 e. The molecule has 27 heavy (non-hydrogen) atoms. The number of alkyl halides is 2. The first-order chi connectivity index (χ1) is 12.6. The standard InChI is InChI=1S/C17H24ClF2N3O4/c1-10(23-11(2)24)6-25-13-4-12(5-13)7-26-15-14(18)16(22-9-21-15)27-8-17(3,19)20/h9-10,12-13H,4-8H2,1-3H3,(H,23,24)/t10-,12?,13?/m0/s1. The van der Waals surface area contributed by atoms with Crippen LogP contribution < -0.4 is 14.8 Å². The second-order valence-electron chi connectivity index (χ2n) is 6.86. The number of rotatable bonds is 10. The second-order valence-corrected chi connectivity index (χ2v) is 7.24. The van der Waals surface area contributed by atoms with Crippen molar-refractivity contribution in [3.8, 4) is 11.8 Å². The molecule has 0 unspecified atom stereocenters. The highest BCUT2D eigenvalue weighted by atomic mass is 35.5. The SMILES string of the molecule is CC(=O)N[C@@H](C)COC1CC(COc2ncnc(OCC(C)(F)F)c2Cl)C1. The summed E-state index contributed by atoms with van der Waals surface area (Å²) < 4.78 is 42.0. The van der Waals surface area contributed by atoms with Crippen LogP contribution >= 0.6 is 11.6 Å². The van der Waals surface area contributed by atoms with Crippen LogP contribution in [-0.2, 0) is 9.53 Å². The normalized spacial score (nSPS) is 20.5. The molecule has 0 spiro atoms. The Balaban J connectivity index is 1.71. The van der Waals surface area contributed by atoms with Gasteiger partial charge in [-0.25, -0.2) is 18.7 Å². The molecule has 1 aromatic rings. The molecule has 1 saturated carbocycles. The number of hydrogen-bond donors (Lipinski definition) is 1. The first-order valence-corrected chi connectivity index (χ1v) is 9.04. The molecule has 1 aromatic heterocycles. The summed E-state index contributed by atoms with van der Waals surface area (Å²) >= 11 is 6.06. The van der Waals surface area contributed by atoms with Crippen LogP contribution in [0, 0.1) is 5.92 Å². The zero-order valence-electron chi connectivity index (χ0n) is 15.5. The smallest absolute Gasteiger partial charge is 0.278 e. The summed E-state index contributed by atoms with van der Waals surface area (Å²) in [4.78, 5) is 18.6. The zero-order chi connectivity index (χ0) is 20.0. The van der Waals surface area contributed by atoms with Gasteiger partial charge in [-0.15, -0.1) is 0 Å². The van der Waals surface area contributed by atoms with Gasteiger partial charge in [-0.3, -0.25) is 4.79 Å². The van der Waals surface area contributed by atoms with E-state index in [-0.39, 0.29) is 40.8 Å². The topological polar surface area (TPSA) is 82.6 Å². The summed E-state index contributed by atoms with van der Waals surface area (Å²) in [6.07, 6.45) is 2.92. The number of amides is 1. The van der Waals surface area contributed by atoms with Crippen LogP contribution in [0.4, 0.5) is 8.78 Å². The van der Waals surface area contributed by atoms with Gasteiger partial charge in [0.2, 0.25) is 17.7 Å². The Hall–Kier alpha value is -1.74. The van der Waals surface area contributed by atoms with Crippen LogP contribution in [0.5, 0.6) is 11.8 Å². The summed E-state index contributed by atoms with van der Waals surface area (Å²) in [5.41, 5.74) is 0. The highest BCUT2D eigenvalue weighted by Crippen LogP contribution is 2.34. The Morgan fingerprint density at radius 3 is 2.59 bits per heavy atom. The van der Waals surface area contributed by atoms with E-state index in [0.29, 0.717) is 13.2 Å². The van der Waals surface area contributed by atoms with E-state index in [2.05, 4.69) is 15.3 Å². The van der Waals surface area contributed by atoms with E-state index in [1.807, 2.05) is 6.92 Å². The molecule has 1 heterocycles. The molecule has 0 aliphatic heterocycles. The Bertz CT molecular complexity index is 639. The fourth-order valence-electron chi connectivity index (χ4n) is 2.55. The molecule has 7 nitrogen and oxygen atoms in total. The molecule has 1 aliphatic rings. The number of aromatic nitrogens is 2. The van der Waals surface area contributed by atoms with Crippen molar-refractivity contribution in [1.82, 2.24) is 15.3 Å². The minimum Gasteiger partial charge on any atom is -0.476 e. The first kappa shape index (κ1) is 21.6. The average molecular weight is 408 g/mol. The molecule has 2 rings (SSSR count). The Morgan fingerprint density at radius 2 is 2.00 bits per heavy atom. The van der Waals surface area contributed by atoms with Crippen LogP contribution in [0.25, 0.3) is 0 Å². The summed E-state index contributed by atoms with van der Waals surface area (Å²) in [7, 11) is 0. The molecule has 0 aromatic carbocycles. The molecular formula is C17H24ClF2N3O4. The van der Waals surface area contributed by atoms with Crippen LogP contribution in [0.15, 0.2) is 6.33 Å². The van der Waals surface area contributed by atoms with E-state index in [1.54, 1.807) is 0 Å². The maximum absolute atomic E-state index is 12.9. The monoisotopic (exact) mass is 407 g/mol. The Kier molecular flexibility index (Phi) is 7.55. The lowest BCUT2D eigenvalue weighted by atomic mass is 9.83. The summed E-state index contributed by atoms with van der Waals surface area (Å²) in [6.45, 7) is 4.09. The Labute approximate surface area is 161 Å². The number of ether oxygens (including phenoxy) is 3. The van der Waals surface area contributed by atoms with Crippen LogP contribution in [0.3, 0.4) is 0 Å². The molecule has 1 N–H and O–H groups in total. The number of carbonyl (C=O) groups is 1. The van der Waals surface area contributed by atoms with Gasteiger partial charge in [0.15, 0.2) is 11.6 Å². The lowest BCUT2D eigenvalue weighted by Gasteiger charge is -2.35. The van der Waals surface area contributed by atoms with Gasteiger partial charge >= 0.3 is 0 Å². The van der Waals surface area contributed by atoms with Gasteiger partial charge in [-0.1, -0.05) is 11.6 Å². The third-order valence-electron chi connectivity index (χ3n) is 3.87. The highest BCUT2D eigenvalue weighted by Gasteiger charge is 2.31.